The van der Waals surface area contributed by atoms with Crippen LogP contribution in [0, 0.1) is 10.1 Å². The monoisotopic (exact) mass is 327 g/mol. The summed E-state index contributed by atoms with van der Waals surface area (Å²) >= 11 is 3.25. The molecule has 1 aromatic carbocycles. The van der Waals surface area contributed by atoms with Gasteiger partial charge in [-0.3, -0.25) is 10.1 Å². The zero-order valence-electron chi connectivity index (χ0n) is 9.99. The maximum atomic E-state index is 11.0. The molecule has 2 rings (SSSR count). The molecule has 0 bridgehead atoms. The number of ether oxygens (including phenoxy) is 1. The van der Waals surface area contributed by atoms with Crippen LogP contribution < -0.4 is 4.74 Å². The molecule has 0 fully saturated rings. The summed E-state index contributed by atoms with van der Waals surface area (Å²) in [5.41, 5.74) is 0.720. The van der Waals surface area contributed by atoms with Gasteiger partial charge in [-0.25, -0.2) is 0 Å². The highest BCUT2D eigenvalue weighted by molar-refractivity contribution is 9.08. The maximum absolute atomic E-state index is 11.0. The molecular weight excluding hydrogens is 318 g/mol. The quantitative estimate of drug-likeness (QED) is 0.470. The molecule has 0 atom stereocenters. The van der Waals surface area contributed by atoms with Gasteiger partial charge in [0, 0.05) is 11.4 Å². The summed E-state index contributed by atoms with van der Waals surface area (Å²) in [6.07, 6.45) is 0. The molecular formula is C10H10BrN5O3. The van der Waals surface area contributed by atoms with E-state index in [1.165, 1.54) is 10.9 Å². The van der Waals surface area contributed by atoms with E-state index >= 15 is 0 Å². The minimum absolute atomic E-state index is 0.0301. The van der Waals surface area contributed by atoms with Crippen LogP contribution in [0.15, 0.2) is 18.2 Å². The Bertz CT molecular complexity index is 601. The fraction of sp³-hybridized carbons (Fsp3) is 0.300. The van der Waals surface area contributed by atoms with Gasteiger partial charge < -0.3 is 4.74 Å². The molecule has 0 saturated heterocycles. The predicted molar refractivity (Wildman–Crippen MR) is 68.9 cm³/mol. The number of hydrogen-bond donors (Lipinski definition) is 0. The van der Waals surface area contributed by atoms with Crippen molar-refractivity contribution in [3.63, 3.8) is 0 Å². The van der Waals surface area contributed by atoms with Crippen LogP contribution in [-0.4, -0.2) is 25.1 Å². The number of alkyl halides is 1. The zero-order chi connectivity index (χ0) is 13.8. The van der Waals surface area contributed by atoms with Crippen molar-refractivity contribution in [1.82, 2.24) is 20.2 Å². The van der Waals surface area contributed by atoms with Gasteiger partial charge in [-0.15, -0.1) is 10.2 Å². The number of rotatable bonds is 5. The van der Waals surface area contributed by atoms with Crippen molar-refractivity contribution in [2.24, 2.45) is 7.05 Å². The standard InChI is InChI=1S/C10H10BrN5O3/c1-15-13-10(12-14-15)6-19-9-3-2-7(5-11)4-8(9)16(17)18/h2-4H,5-6H2,1H3. The number of nitro groups is 1. The number of benzene rings is 1. The first-order chi connectivity index (χ1) is 9.10. The minimum Gasteiger partial charge on any atom is -0.478 e. The largest absolute Gasteiger partial charge is 0.478 e. The lowest BCUT2D eigenvalue weighted by Crippen LogP contribution is -2.02. The van der Waals surface area contributed by atoms with Crippen molar-refractivity contribution in [2.75, 3.05) is 0 Å². The van der Waals surface area contributed by atoms with Gasteiger partial charge in [0.15, 0.2) is 12.4 Å². The number of nitrogens with zero attached hydrogens (tertiary/aromatic N) is 5. The van der Waals surface area contributed by atoms with E-state index in [-0.39, 0.29) is 18.0 Å². The second-order valence-electron chi connectivity index (χ2n) is 3.68. The number of halogens is 1. The first kappa shape index (κ1) is 13.4. The lowest BCUT2D eigenvalue weighted by Gasteiger charge is -2.05. The average molecular weight is 328 g/mol. The number of aromatic nitrogens is 4. The van der Waals surface area contributed by atoms with E-state index in [1.807, 2.05) is 0 Å². The summed E-state index contributed by atoms with van der Waals surface area (Å²) in [5, 5.41) is 22.8. The van der Waals surface area contributed by atoms with Gasteiger partial charge in [0.2, 0.25) is 5.82 Å². The third-order valence-corrected chi connectivity index (χ3v) is 2.93. The third-order valence-electron chi connectivity index (χ3n) is 2.28. The molecule has 0 aliphatic heterocycles. The summed E-state index contributed by atoms with van der Waals surface area (Å²) < 4.78 is 5.36. The highest BCUT2D eigenvalue weighted by Crippen LogP contribution is 2.29. The van der Waals surface area contributed by atoms with Crippen molar-refractivity contribution in [1.29, 1.82) is 0 Å². The summed E-state index contributed by atoms with van der Waals surface area (Å²) in [7, 11) is 1.63. The Morgan fingerprint density at radius 2 is 2.32 bits per heavy atom. The Labute approximate surface area is 116 Å². The summed E-state index contributed by atoms with van der Waals surface area (Å²) in [5.74, 6) is 0.545. The van der Waals surface area contributed by atoms with Crippen molar-refractivity contribution < 1.29 is 9.66 Å². The van der Waals surface area contributed by atoms with Crippen molar-refractivity contribution in [2.45, 2.75) is 11.9 Å². The second kappa shape index (κ2) is 5.74. The normalized spacial score (nSPS) is 10.4. The Hall–Kier alpha value is -2.03. The molecule has 1 aromatic heterocycles. The Balaban J connectivity index is 2.17. The van der Waals surface area contributed by atoms with Crippen molar-refractivity contribution in [3.8, 4) is 5.75 Å². The minimum atomic E-state index is -0.481. The molecule has 0 aliphatic rings. The van der Waals surface area contributed by atoms with Crippen LogP contribution >= 0.6 is 15.9 Å². The molecule has 0 saturated carbocycles. The smallest absolute Gasteiger partial charge is 0.311 e. The first-order valence-corrected chi connectivity index (χ1v) is 6.41. The molecule has 9 heteroatoms. The van der Waals surface area contributed by atoms with E-state index in [4.69, 9.17) is 4.74 Å². The average Bonchev–Trinajstić information content (AvgIpc) is 2.82. The van der Waals surface area contributed by atoms with E-state index in [2.05, 4.69) is 31.3 Å². The summed E-state index contributed by atoms with van der Waals surface area (Å²) in [4.78, 5) is 11.8. The Morgan fingerprint density at radius 1 is 1.53 bits per heavy atom. The lowest BCUT2D eigenvalue weighted by atomic mass is 10.2. The van der Waals surface area contributed by atoms with Crippen molar-refractivity contribution in [3.05, 3.63) is 39.7 Å². The molecule has 0 unspecified atom stereocenters. The van der Waals surface area contributed by atoms with Gasteiger partial charge in [-0.05, 0) is 16.8 Å². The van der Waals surface area contributed by atoms with Gasteiger partial charge in [0.1, 0.15) is 0 Å². The number of nitro benzene ring substituents is 1. The molecule has 8 nitrogen and oxygen atoms in total. The van der Waals surface area contributed by atoms with Gasteiger partial charge in [0.25, 0.3) is 0 Å². The molecule has 0 N–H and O–H groups in total. The highest BCUT2D eigenvalue weighted by atomic mass is 79.9. The van der Waals surface area contributed by atoms with Gasteiger partial charge in [-0.1, -0.05) is 22.0 Å². The fourth-order valence-electron chi connectivity index (χ4n) is 1.43. The van der Waals surface area contributed by atoms with Crippen LogP contribution in [0.4, 0.5) is 5.69 Å². The van der Waals surface area contributed by atoms with Crippen LogP contribution in [0.5, 0.6) is 5.75 Å². The van der Waals surface area contributed by atoms with Crippen LogP contribution in [0.3, 0.4) is 0 Å². The second-order valence-corrected chi connectivity index (χ2v) is 4.24. The van der Waals surface area contributed by atoms with Crippen LogP contribution in [0.1, 0.15) is 11.4 Å². The number of hydrogen-bond acceptors (Lipinski definition) is 6. The number of tetrazole rings is 1. The van der Waals surface area contributed by atoms with E-state index in [1.54, 1.807) is 19.2 Å². The van der Waals surface area contributed by atoms with Crippen LogP contribution in [0.2, 0.25) is 0 Å². The van der Waals surface area contributed by atoms with E-state index < -0.39 is 4.92 Å². The topological polar surface area (TPSA) is 96.0 Å². The van der Waals surface area contributed by atoms with Gasteiger partial charge >= 0.3 is 5.69 Å². The molecule has 0 spiro atoms. The SMILES string of the molecule is Cn1nnc(COc2ccc(CBr)cc2[N+](=O)[O-])n1. The number of aryl methyl sites for hydroxylation is 1. The van der Waals surface area contributed by atoms with Crippen LogP contribution in [-0.2, 0) is 19.0 Å². The predicted octanol–water partition coefficient (Wildman–Crippen LogP) is 1.59. The van der Waals surface area contributed by atoms with Crippen LogP contribution in [0.25, 0.3) is 0 Å². The summed E-state index contributed by atoms with van der Waals surface area (Å²) in [6, 6.07) is 4.78. The van der Waals surface area contributed by atoms with E-state index in [9.17, 15) is 10.1 Å². The molecule has 0 radical (unpaired) electrons. The van der Waals surface area contributed by atoms with Gasteiger partial charge in [-0.2, -0.15) is 4.80 Å². The van der Waals surface area contributed by atoms with E-state index in [0.29, 0.717) is 11.2 Å². The van der Waals surface area contributed by atoms with Crippen molar-refractivity contribution >= 4 is 21.6 Å². The Kier molecular flexibility index (Phi) is 4.05. The third kappa shape index (κ3) is 3.25. The molecule has 19 heavy (non-hydrogen) atoms. The summed E-state index contributed by atoms with van der Waals surface area (Å²) in [6.45, 7) is 0.0301. The Morgan fingerprint density at radius 3 is 2.89 bits per heavy atom. The first-order valence-electron chi connectivity index (χ1n) is 5.29. The molecule has 0 aliphatic carbocycles. The van der Waals surface area contributed by atoms with E-state index in [0.717, 1.165) is 5.56 Å². The van der Waals surface area contributed by atoms with Gasteiger partial charge in [0.05, 0.1) is 12.0 Å². The zero-order valence-corrected chi connectivity index (χ0v) is 11.6. The highest BCUT2D eigenvalue weighted by Gasteiger charge is 2.16. The lowest BCUT2D eigenvalue weighted by molar-refractivity contribution is -0.386. The maximum Gasteiger partial charge on any atom is 0.311 e. The molecule has 0 amide bonds. The molecule has 100 valence electrons. The fourth-order valence-corrected chi connectivity index (χ4v) is 1.78. The molecule has 1 heterocycles. The molecule has 2 aromatic rings.